The van der Waals surface area contributed by atoms with Crippen molar-refractivity contribution >= 4 is 43.2 Å². The van der Waals surface area contributed by atoms with Gasteiger partial charge in [0.2, 0.25) is 0 Å². The number of benzene rings is 8. The molecule has 0 unspecified atom stereocenters. The molecule has 242 valence electrons. The van der Waals surface area contributed by atoms with E-state index in [0.29, 0.717) is 11.6 Å². The van der Waals surface area contributed by atoms with Gasteiger partial charge in [-0.3, -0.25) is 0 Å². The zero-order valence-corrected chi connectivity index (χ0v) is 28.1. The van der Waals surface area contributed by atoms with Crippen LogP contribution < -0.4 is 0 Å². The monoisotopic (exact) mass is 662 g/mol. The van der Waals surface area contributed by atoms with Crippen LogP contribution in [0, 0.1) is 0 Å². The van der Waals surface area contributed by atoms with Crippen molar-refractivity contribution in [2.75, 3.05) is 0 Å². The Hall–Kier alpha value is -7.04. The van der Waals surface area contributed by atoms with E-state index in [2.05, 4.69) is 170 Å². The fraction of sp³-hybridized carbons (Fsp3) is 0. The average Bonchev–Trinajstić information content (AvgIpc) is 3.22. The summed E-state index contributed by atoms with van der Waals surface area (Å²) in [4.78, 5) is 20.7. The van der Waals surface area contributed by atoms with Gasteiger partial charge in [0.1, 0.15) is 0 Å². The summed E-state index contributed by atoms with van der Waals surface area (Å²) in [6.07, 6.45) is 0. The van der Waals surface area contributed by atoms with Crippen molar-refractivity contribution in [3.8, 4) is 56.5 Å². The van der Waals surface area contributed by atoms with Gasteiger partial charge in [-0.15, -0.1) is 0 Å². The Bertz CT molecular complexity index is 2890. The first-order valence-corrected chi connectivity index (χ1v) is 17.5. The van der Waals surface area contributed by atoms with Crippen molar-refractivity contribution in [2.45, 2.75) is 0 Å². The Kier molecular flexibility index (Phi) is 7.10. The van der Waals surface area contributed by atoms with Gasteiger partial charge < -0.3 is 0 Å². The molecule has 4 heteroatoms. The first-order valence-electron chi connectivity index (χ1n) is 17.5. The van der Waals surface area contributed by atoms with Crippen molar-refractivity contribution in [3.05, 3.63) is 182 Å². The molecule has 0 aliphatic rings. The Labute approximate surface area is 300 Å². The summed E-state index contributed by atoms with van der Waals surface area (Å²) >= 11 is 0. The number of rotatable bonds is 5. The molecule has 8 aromatic carbocycles. The van der Waals surface area contributed by atoms with Crippen LogP contribution in [-0.4, -0.2) is 19.9 Å². The summed E-state index contributed by atoms with van der Waals surface area (Å²) in [6, 6.07) is 63.4. The zero-order valence-electron chi connectivity index (χ0n) is 28.1. The van der Waals surface area contributed by atoms with E-state index in [1.807, 2.05) is 12.1 Å². The van der Waals surface area contributed by atoms with Crippen LogP contribution >= 0.6 is 0 Å². The first-order chi connectivity index (χ1) is 25.7. The van der Waals surface area contributed by atoms with Gasteiger partial charge in [0.05, 0.1) is 22.6 Å². The summed E-state index contributed by atoms with van der Waals surface area (Å²) in [5.41, 5.74) is 8.47. The molecule has 0 bridgehead atoms. The minimum Gasteiger partial charge on any atom is -0.228 e. The molecule has 52 heavy (non-hydrogen) atoms. The molecule has 0 saturated heterocycles. The van der Waals surface area contributed by atoms with E-state index in [-0.39, 0.29) is 0 Å². The van der Waals surface area contributed by atoms with E-state index in [9.17, 15) is 0 Å². The first kappa shape index (κ1) is 29.8. The number of aromatic nitrogens is 4. The number of para-hydroxylation sites is 1. The summed E-state index contributed by atoms with van der Waals surface area (Å²) in [5.74, 6) is 1.35. The van der Waals surface area contributed by atoms with Crippen molar-refractivity contribution in [1.29, 1.82) is 0 Å². The molecule has 10 aromatic rings. The van der Waals surface area contributed by atoms with E-state index >= 15 is 0 Å². The van der Waals surface area contributed by atoms with Gasteiger partial charge in [0.25, 0.3) is 0 Å². The Morgan fingerprint density at radius 3 is 1.40 bits per heavy atom. The number of nitrogens with zero attached hydrogens (tertiary/aromatic N) is 4. The SMILES string of the molecule is c1cc(-c2cc(-c3ccc4ccccc4c3)nc(-c3ccc4ccccc4c3)n2)cc(-c2nc(-c3ccc4ccccc4c3)c3ccccc3n2)c1. The van der Waals surface area contributed by atoms with Gasteiger partial charge in [0, 0.05) is 33.2 Å². The lowest BCUT2D eigenvalue weighted by atomic mass is 10.0. The summed E-state index contributed by atoms with van der Waals surface area (Å²) in [6.45, 7) is 0. The van der Waals surface area contributed by atoms with Crippen LogP contribution in [0.3, 0.4) is 0 Å². The minimum absolute atomic E-state index is 0.669. The topological polar surface area (TPSA) is 51.6 Å². The second kappa shape index (κ2) is 12.4. The Balaban J connectivity index is 1.13. The molecule has 2 heterocycles. The quantitative estimate of drug-likeness (QED) is 0.184. The second-order valence-corrected chi connectivity index (χ2v) is 13.1. The molecule has 0 atom stereocenters. The number of hydrogen-bond donors (Lipinski definition) is 0. The van der Waals surface area contributed by atoms with E-state index in [1.165, 1.54) is 26.9 Å². The van der Waals surface area contributed by atoms with E-state index < -0.39 is 0 Å². The van der Waals surface area contributed by atoms with Crippen LogP contribution in [-0.2, 0) is 0 Å². The van der Waals surface area contributed by atoms with Gasteiger partial charge >= 0.3 is 0 Å². The molecule has 4 nitrogen and oxygen atoms in total. The van der Waals surface area contributed by atoms with Crippen LogP contribution in [0.4, 0.5) is 0 Å². The van der Waals surface area contributed by atoms with Gasteiger partial charge in [-0.1, -0.05) is 146 Å². The molecule has 0 N–H and O–H groups in total. The fourth-order valence-corrected chi connectivity index (χ4v) is 7.13. The lowest BCUT2D eigenvalue weighted by Gasteiger charge is -2.12. The van der Waals surface area contributed by atoms with Crippen molar-refractivity contribution in [3.63, 3.8) is 0 Å². The maximum atomic E-state index is 5.23. The van der Waals surface area contributed by atoms with Crippen molar-refractivity contribution in [1.82, 2.24) is 19.9 Å². The molecular formula is C48H30N4. The van der Waals surface area contributed by atoms with Gasteiger partial charge in [-0.25, -0.2) is 19.9 Å². The predicted octanol–water partition coefficient (Wildman–Crippen LogP) is 12.2. The lowest BCUT2D eigenvalue weighted by molar-refractivity contribution is 1.18. The standard InChI is InChI=1S/C48H30N4/c1-4-13-34-26-38(23-20-31(34)10-1)45-30-44(50-47(51-45)41-25-22-33-12-3-6-15-36(33)28-41)37-16-9-17-40(29-37)48-49-43-19-8-7-18-42(43)46(52-48)39-24-21-32-11-2-5-14-35(32)27-39/h1-30H. The highest BCUT2D eigenvalue weighted by Crippen LogP contribution is 2.34. The molecule has 0 aliphatic carbocycles. The Morgan fingerprint density at radius 2 is 0.731 bits per heavy atom. The predicted molar refractivity (Wildman–Crippen MR) is 215 cm³/mol. The zero-order chi connectivity index (χ0) is 34.4. The van der Waals surface area contributed by atoms with Gasteiger partial charge in [-0.2, -0.15) is 0 Å². The normalized spacial score (nSPS) is 11.5. The molecule has 0 aliphatic heterocycles. The third-order valence-electron chi connectivity index (χ3n) is 9.82. The highest BCUT2D eigenvalue weighted by molar-refractivity contribution is 5.97. The number of fused-ring (bicyclic) bond motifs is 4. The van der Waals surface area contributed by atoms with Crippen LogP contribution in [0.2, 0.25) is 0 Å². The molecule has 10 rings (SSSR count). The van der Waals surface area contributed by atoms with E-state index in [4.69, 9.17) is 19.9 Å². The minimum atomic E-state index is 0.669. The van der Waals surface area contributed by atoms with Crippen LogP contribution in [0.5, 0.6) is 0 Å². The summed E-state index contributed by atoms with van der Waals surface area (Å²) < 4.78 is 0. The molecular weight excluding hydrogens is 633 g/mol. The molecule has 2 aromatic heterocycles. The highest BCUT2D eigenvalue weighted by Gasteiger charge is 2.15. The third-order valence-corrected chi connectivity index (χ3v) is 9.82. The summed E-state index contributed by atoms with van der Waals surface area (Å²) in [5, 5.41) is 8.11. The van der Waals surface area contributed by atoms with Crippen LogP contribution in [0.15, 0.2) is 182 Å². The summed E-state index contributed by atoms with van der Waals surface area (Å²) in [7, 11) is 0. The fourth-order valence-electron chi connectivity index (χ4n) is 7.13. The molecule has 0 amide bonds. The van der Waals surface area contributed by atoms with Gasteiger partial charge in [0.15, 0.2) is 11.6 Å². The van der Waals surface area contributed by atoms with E-state index in [0.717, 1.165) is 61.2 Å². The molecule has 0 fully saturated rings. The van der Waals surface area contributed by atoms with Crippen molar-refractivity contribution < 1.29 is 0 Å². The maximum Gasteiger partial charge on any atom is 0.160 e. The third kappa shape index (κ3) is 5.44. The van der Waals surface area contributed by atoms with Gasteiger partial charge in [-0.05, 0) is 68.7 Å². The molecule has 0 saturated carbocycles. The Morgan fingerprint density at radius 1 is 0.269 bits per heavy atom. The largest absolute Gasteiger partial charge is 0.228 e. The second-order valence-electron chi connectivity index (χ2n) is 13.1. The van der Waals surface area contributed by atoms with E-state index in [1.54, 1.807) is 0 Å². The molecule has 0 radical (unpaired) electrons. The maximum absolute atomic E-state index is 5.23. The number of hydrogen-bond acceptors (Lipinski definition) is 4. The van der Waals surface area contributed by atoms with Crippen LogP contribution in [0.25, 0.3) is 99.8 Å². The highest BCUT2D eigenvalue weighted by atomic mass is 14.9. The molecule has 0 spiro atoms. The van der Waals surface area contributed by atoms with Crippen LogP contribution in [0.1, 0.15) is 0 Å². The smallest absolute Gasteiger partial charge is 0.160 e. The average molecular weight is 663 g/mol. The lowest BCUT2D eigenvalue weighted by Crippen LogP contribution is -1.97. The van der Waals surface area contributed by atoms with Crippen molar-refractivity contribution in [2.24, 2.45) is 0 Å².